The molecule has 18 heavy (non-hydrogen) atoms. The van der Waals surface area contributed by atoms with Crippen molar-refractivity contribution in [2.75, 3.05) is 25.0 Å². The van der Waals surface area contributed by atoms with Gasteiger partial charge in [0.2, 0.25) is 0 Å². The van der Waals surface area contributed by atoms with Gasteiger partial charge in [0, 0.05) is 13.1 Å². The van der Waals surface area contributed by atoms with Crippen molar-refractivity contribution in [1.29, 1.82) is 0 Å². The lowest BCUT2D eigenvalue weighted by Gasteiger charge is -2.31. The summed E-state index contributed by atoms with van der Waals surface area (Å²) < 4.78 is 5.77. The van der Waals surface area contributed by atoms with E-state index in [-0.39, 0.29) is 5.91 Å². The van der Waals surface area contributed by atoms with Crippen LogP contribution in [0.4, 0.5) is 5.69 Å². The Bertz CT molecular complexity index is 484. The lowest BCUT2D eigenvalue weighted by atomic mass is 10.2. The third kappa shape index (κ3) is 2.06. The van der Waals surface area contributed by atoms with Crippen LogP contribution in [-0.4, -0.2) is 36.5 Å². The summed E-state index contributed by atoms with van der Waals surface area (Å²) in [6.45, 7) is 2.02. The van der Waals surface area contributed by atoms with Crippen LogP contribution >= 0.6 is 0 Å². The van der Waals surface area contributed by atoms with Gasteiger partial charge in [-0.05, 0) is 18.6 Å². The van der Waals surface area contributed by atoms with Crippen molar-refractivity contribution in [2.45, 2.75) is 12.5 Å². The zero-order valence-electron chi connectivity index (χ0n) is 10.1. The first-order chi connectivity index (χ1) is 8.84. The fourth-order valence-electron chi connectivity index (χ4n) is 2.30. The van der Waals surface area contributed by atoms with E-state index < -0.39 is 6.10 Å². The number of carbonyl (C=O) groups excluding carboxylic acids is 1. The Labute approximate surface area is 106 Å². The van der Waals surface area contributed by atoms with Gasteiger partial charge in [0.25, 0.3) is 5.91 Å². The van der Waals surface area contributed by atoms with Gasteiger partial charge in [-0.2, -0.15) is 0 Å². The molecule has 2 heterocycles. The Morgan fingerprint density at radius 2 is 2.22 bits per heavy atom. The molecule has 1 N–H and O–H groups in total. The van der Waals surface area contributed by atoms with Crippen molar-refractivity contribution in [3.8, 4) is 5.75 Å². The third-order valence-electron chi connectivity index (χ3n) is 3.28. The molecule has 0 spiro atoms. The third-order valence-corrected chi connectivity index (χ3v) is 3.28. The Morgan fingerprint density at radius 1 is 1.33 bits per heavy atom. The number of nitrogens with zero attached hydrogens (tertiary/aromatic N) is 1. The molecule has 4 nitrogen and oxygen atoms in total. The second kappa shape index (κ2) is 4.72. The van der Waals surface area contributed by atoms with Crippen LogP contribution in [0.2, 0.25) is 0 Å². The molecule has 0 saturated carbocycles. The van der Waals surface area contributed by atoms with Gasteiger partial charge in [-0.25, -0.2) is 0 Å². The smallest absolute Gasteiger partial charge is 0.265 e. The van der Waals surface area contributed by atoms with E-state index in [0.717, 1.165) is 24.4 Å². The molecule has 3 rings (SSSR count). The first kappa shape index (κ1) is 11.1. The van der Waals surface area contributed by atoms with Gasteiger partial charge in [0.05, 0.1) is 12.2 Å². The highest BCUT2D eigenvalue weighted by Crippen LogP contribution is 2.28. The number of para-hydroxylation sites is 2. The lowest BCUT2D eigenvalue weighted by Crippen LogP contribution is -2.47. The number of hydrogen-bond donors (Lipinski definition) is 1. The number of fused-ring (bicyclic) bond motifs is 1. The fraction of sp³-hybridized carbons (Fsp3) is 0.357. The van der Waals surface area contributed by atoms with Crippen molar-refractivity contribution in [3.05, 3.63) is 36.4 Å². The molecule has 0 aliphatic carbocycles. The number of carbonyl (C=O) groups is 1. The Hall–Kier alpha value is -1.97. The highest BCUT2D eigenvalue weighted by molar-refractivity contribution is 5.83. The first-order valence-corrected chi connectivity index (χ1v) is 6.28. The van der Waals surface area contributed by atoms with Crippen molar-refractivity contribution in [3.63, 3.8) is 0 Å². The van der Waals surface area contributed by atoms with Crippen molar-refractivity contribution >= 4 is 11.6 Å². The summed E-state index contributed by atoms with van der Waals surface area (Å²) in [5.74, 6) is 0.830. The molecule has 1 amide bonds. The summed E-state index contributed by atoms with van der Waals surface area (Å²) in [7, 11) is 0. The van der Waals surface area contributed by atoms with Gasteiger partial charge in [-0.1, -0.05) is 24.3 Å². The minimum Gasteiger partial charge on any atom is -0.477 e. The number of ether oxygens (including phenoxy) is 1. The molecule has 1 unspecified atom stereocenters. The number of rotatable bonds is 1. The van der Waals surface area contributed by atoms with Crippen LogP contribution in [0, 0.1) is 0 Å². The van der Waals surface area contributed by atoms with Gasteiger partial charge in [0.1, 0.15) is 5.75 Å². The number of nitrogens with one attached hydrogen (secondary N) is 1. The van der Waals surface area contributed by atoms with Crippen LogP contribution in [0.3, 0.4) is 0 Å². The van der Waals surface area contributed by atoms with Crippen LogP contribution in [0.15, 0.2) is 36.4 Å². The second-order valence-electron chi connectivity index (χ2n) is 4.53. The van der Waals surface area contributed by atoms with E-state index in [4.69, 9.17) is 4.74 Å². The van der Waals surface area contributed by atoms with Crippen LogP contribution < -0.4 is 10.1 Å². The minimum atomic E-state index is -0.411. The predicted octanol–water partition coefficient (Wildman–Crippen LogP) is 1.65. The average molecular weight is 244 g/mol. The molecule has 1 aromatic rings. The molecular formula is C14H16N2O2. The standard InChI is InChI=1S/C14H16N2O2/c17-14(16-8-4-1-5-9-16)13-10-15-11-6-2-3-7-12(11)18-13/h1-4,6-7,13,15H,5,8-10H2. The highest BCUT2D eigenvalue weighted by atomic mass is 16.5. The summed E-state index contributed by atoms with van der Waals surface area (Å²) in [6, 6.07) is 7.71. The molecule has 2 aliphatic heterocycles. The molecule has 0 aromatic heterocycles. The Kier molecular flexibility index (Phi) is 2.92. The number of amides is 1. The van der Waals surface area contributed by atoms with E-state index in [1.165, 1.54) is 0 Å². The quantitative estimate of drug-likeness (QED) is 0.764. The van der Waals surface area contributed by atoms with E-state index in [1.807, 2.05) is 35.2 Å². The van der Waals surface area contributed by atoms with Gasteiger partial charge in [-0.15, -0.1) is 0 Å². The normalized spacial score (nSPS) is 21.8. The van der Waals surface area contributed by atoms with Crippen LogP contribution in [0.25, 0.3) is 0 Å². The zero-order valence-corrected chi connectivity index (χ0v) is 10.1. The zero-order chi connectivity index (χ0) is 12.4. The van der Waals surface area contributed by atoms with Crippen LogP contribution in [-0.2, 0) is 4.79 Å². The van der Waals surface area contributed by atoms with E-state index in [0.29, 0.717) is 13.1 Å². The highest BCUT2D eigenvalue weighted by Gasteiger charge is 2.29. The van der Waals surface area contributed by atoms with E-state index >= 15 is 0 Å². The van der Waals surface area contributed by atoms with Crippen LogP contribution in [0.1, 0.15) is 6.42 Å². The Morgan fingerprint density at radius 3 is 3.06 bits per heavy atom. The molecule has 0 radical (unpaired) electrons. The second-order valence-corrected chi connectivity index (χ2v) is 4.53. The summed E-state index contributed by atoms with van der Waals surface area (Å²) in [6.07, 6.45) is 4.67. The van der Waals surface area contributed by atoms with Gasteiger partial charge >= 0.3 is 0 Å². The van der Waals surface area contributed by atoms with Crippen molar-refractivity contribution in [2.24, 2.45) is 0 Å². The van der Waals surface area contributed by atoms with E-state index in [9.17, 15) is 4.79 Å². The monoisotopic (exact) mass is 244 g/mol. The number of anilines is 1. The van der Waals surface area contributed by atoms with E-state index in [1.54, 1.807) is 0 Å². The molecule has 0 bridgehead atoms. The summed E-state index contributed by atoms with van der Waals surface area (Å²) >= 11 is 0. The summed E-state index contributed by atoms with van der Waals surface area (Å²) in [5, 5.41) is 3.24. The molecule has 4 heteroatoms. The molecule has 94 valence electrons. The maximum atomic E-state index is 12.3. The van der Waals surface area contributed by atoms with Crippen LogP contribution in [0.5, 0.6) is 5.75 Å². The lowest BCUT2D eigenvalue weighted by molar-refractivity contribution is -0.137. The molecule has 2 aliphatic rings. The van der Waals surface area contributed by atoms with Crippen molar-refractivity contribution < 1.29 is 9.53 Å². The average Bonchev–Trinajstić information content (AvgIpc) is 2.47. The largest absolute Gasteiger partial charge is 0.477 e. The maximum Gasteiger partial charge on any atom is 0.265 e. The molecule has 1 atom stereocenters. The molecule has 0 fully saturated rings. The number of hydrogen-bond acceptors (Lipinski definition) is 3. The van der Waals surface area contributed by atoms with Gasteiger partial charge in [0.15, 0.2) is 6.10 Å². The SMILES string of the molecule is O=C(C1CNc2ccccc2O1)N1CC=CCC1. The molecule has 1 aromatic carbocycles. The fourth-order valence-corrected chi connectivity index (χ4v) is 2.30. The maximum absolute atomic E-state index is 12.3. The predicted molar refractivity (Wildman–Crippen MR) is 69.7 cm³/mol. The topological polar surface area (TPSA) is 41.6 Å². The summed E-state index contributed by atoms with van der Waals surface area (Å²) in [4.78, 5) is 14.1. The Balaban J connectivity index is 1.72. The van der Waals surface area contributed by atoms with Crippen molar-refractivity contribution in [1.82, 2.24) is 4.90 Å². The molecule has 0 saturated heterocycles. The van der Waals surface area contributed by atoms with Gasteiger partial charge in [-0.3, -0.25) is 4.79 Å². The molecular weight excluding hydrogens is 228 g/mol. The van der Waals surface area contributed by atoms with Gasteiger partial charge < -0.3 is 15.0 Å². The summed E-state index contributed by atoms with van der Waals surface area (Å²) in [5.41, 5.74) is 0.958. The van der Waals surface area contributed by atoms with E-state index in [2.05, 4.69) is 11.4 Å². The number of benzene rings is 1. The minimum absolute atomic E-state index is 0.0707. The first-order valence-electron chi connectivity index (χ1n) is 6.28.